The summed E-state index contributed by atoms with van der Waals surface area (Å²) in [6.07, 6.45) is 0. The van der Waals surface area contributed by atoms with Crippen molar-refractivity contribution in [3.05, 3.63) is 82.8 Å². The molecule has 0 spiro atoms. The van der Waals surface area contributed by atoms with Crippen molar-refractivity contribution in [2.45, 2.75) is 31.9 Å². The minimum Gasteiger partial charge on any atom is -0.497 e. The quantitative estimate of drug-likeness (QED) is 0.280. The molecule has 1 aromatic heterocycles. The van der Waals surface area contributed by atoms with Gasteiger partial charge in [0.15, 0.2) is 0 Å². The zero-order chi connectivity index (χ0) is 24.1. The predicted octanol–water partition coefficient (Wildman–Crippen LogP) is 5.73. The van der Waals surface area contributed by atoms with E-state index in [4.69, 9.17) is 9.47 Å². The molecule has 1 heterocycles. The monoisotopic (exact) mass is 496 g/mol. The molecule has 0 radical (unpaired) electrons. The van der Waals surface area contributed by atoms with Crippen LogP contribution in [0.15, 0.2) is 77.0 Å². The number of methoxy groups -OCH3 is 1. The number of aromatic nitrogens is 1. The SMILES string of the molecule is COc1ccc(S(=O)(=O)N(Cc2csc(COc3cccc4ccccc34)n2)CC(C)C)cc1. The van der Waals surface area contributed by atoms with Gasteiger partial charge in [0.2, 0.25) is 10.0 Å². The number of hydrogen-bond acceptors (Lipinski definition) is 6. The molecule has 0 aliphatic heterocycles. The Labute approximate surface area is 204 Å². The lowest BCUT2D eigenvalue weighted by Crippen LogP contribution is -2.34. The van der Waals surface area contributed by atoms with E-state index in [9.17, 15) is 8.42 Å². The minimum atomic E-state index is -3.68. The Balaban J connectivity index is 1.49. The lowest BCUT2D eigenvalue weighted by molar-refractivity contribution is 0.308. The fraction of sp³-hybridized carbons (Fsp3) is 0.269. The van der Waals surface area contributed by atoms with Gasteiger partial charge in [0.1, 0.15) is 23.1 Å². The van der Waals surface area contributed by atoms with Crippen molar-refractivity contribution in [2.75, 3.05) is 13.7 Å². The van der Waals surface area contributed by atoms with Crippen LogP contribution in [-0.4, -0.2) is 31.4 Å². The van der Waals surface area contributed by atoms with Crippen molar-refractivity contribution in [3.8, 4) is 11.5 Å². The number of fused-ring (bicyclic) bond motifs is 1. The minimum absolute atomic E-state index is 0.167. The summed E-state index contributed by atoms with van der Waals surface area (Å²) in [5.74, 6) is 1.59. The second-order valence-corrected chi connectivity index (χ2v) is 11.2. The average Bonchev–Trinajstić information content (AvgIpc) is 3.29. The first-order valence-electron chi connectivity index (χ1n) is 11.0. The molecule has 0 N–H and O–H groups in total. The van der Waals surface area contributed by atoms with Gasteiger partial charge >= 0.3 is 0 Å². The molecule has 0 saturated heterocycles. The number of hydrogen-bond donors (Lipinski definition) is 0. The highest BCUT2D eigenvalue weighted by Crippen LogP contribution is 2.27. The van der Waals surface area contributed by atoms with Crippen LogP contribution in [0.3, 0.4) is 0 Å². The second kappa shape index (κ2) is 10.5. The Hall–Kier alpha value is -2.94. The van der Waals surface area contributed by atoms with Crippen molar-refractivity contribution in [3.63, 3.8) is 0 Å². The molecule has 8 heteroatoms. The molecule has 0 bridgehead atoms. The maximum atomic E-state index is 13.3. The van der Waals surface area contributed by atoms with Crippen LogP contribution in [0.5, 0.6) is 11.5 Å². The lowest BCUT2D eigenvalue weighted by Gasteiger charge is -2.23. The first-order chi connectivity index (χ1) is 16.4. The van der Waals surface area contributed by atoms with Gasteiger partial charge in [-0.15, -0.1) is 11.3 Å². The third-order valence-electron chi connectivity index (χ3n) is 5.30. The van der Waals surface area contributed by atoms with Crippen LogP contribution < -0.4 is 9.47 Å². The van der Waals surface area contributed by atoms with E-state index in [1.165, 1.54) is 15.6 Å². The Kier molecular flexibility index (Phi) is 7.50. The number of ether oxygens (including phenoxy) is 2. The maximum Gasteiger partial charge on any atom is 0.243 e. The van der Waals surface area contributed by atoms with Crippen molar-refractivity contribution < 1.29 is 17.9 Å². The maximum absolute atomic E-state index is 13.3. The predicted molar refractivity (Wildman–Crippen MR) is 136 cm³/mol. The summed E-state index contributed by atoms with van der Waals surface area (Å²) in [6, 6.07) is 20.5. The van der Waals surface area contributed by atoms with E-state index < -0.39 is 10.0 Å². The topological polar surface area (TPSA) is 68.7 Å². The van der Waals surface area contributed by atoms with Crippen molar-refractivity contribution in [1.29, 1.82) is 0 Å². The normalized spacial score (nSPS) is 11.9. The largest absolute Gasteiger partial charge is 0.497 e. The summed E-state index contributed by atoms with van der Waals surface area (Å²) in [5, 5.41) is 4.87. The van der Waals surface area contributed by atoms with Crippen molar-refractivity contribution in [1.82, 2.24) is 9.29 Å². The summed E-state index contributed by atoms with van der Waals surface area (Å²) in [7, 11) is -2.12. The Bertz CT molecular complexity index is 1340. The van der Waals surface area contributed by atoms with E-state index in [0.717, 1.165) is 21.5 Å². The van der Waals surface area contributed by atoms with Gasteiger partial charge in [0, 0.05) is 17.3 Å². The van der Waals surface area contributed by atoms with Gasteiger partial charge in [-0.2, -0.15) is 4.31 Å². The van der Waals surface area contributed by atoms with Gasteiger partial charge in [0.05, 0.1) is 24.2 Å². The highest BCUT2D eigenvalue weighted by molar-refractivity contribution is 7.89. The molecule has 3 aromatic carbocycles. The molecule has 34 heavy (non-hydrogen) atoms. The van der Waals surface area contributed by atoms with Crippen LogP contribution in [0.2, 0.25) is 0 Å². The summed E-state index contributed by atoms with van der Waals surface area (Å²) in [5.41, 5.74) is 0.708. The van der Waals surface area contributed by atoms with Gasteiger partial charge in [-0.05, 0) is 41.6 Å². The third-order valence-corrected chi connectivity index (χ3v) is 8.00. The molecule has 6 nitrogen and oxygen atoms in total. The lowest BCUT2D eigenvalue weighted by atomic mass is 10.1. The first-order valence-corrected chi connectivity index (χ1v) is 13.4. The van der Waals surface area contributed by atoms with Crippen molar-refractivity contribution in [2.24, 2.45) is 5.92 Å². The van der Waals surface area contributed by atoms with Crippen LogP contribution in [0, 0.1) is 5.92 Å². The van der Waals surface area contributed by atoms with E-state index in [2.05, 4.69) is 17.1 Å². The molecule has 178 valence electrons. The Morgan fingerprint density at radius 2 is 1.74 bits per heavy atom. The summed E-state index contributed by atoms with van der Waals surface area (Å²) in [6.45, 7) is 4.93. The summed E-state index contributed by atoms with van der Waals surface area (Å²) < 4.78 is 39.4. The van der Waals surface area contributed by atoms with Crippen LogP contribution >= 0.6 is 11.3 Å². The molecule has 0 amide bonds. The molecular weight excluding hydrogens is 468 g/mol. The fourth-order valence-corrected chi connectivity index (χ4v) is 5.95. The summed E-state index contributed by atoms with van der Waals surface area (Å²) >= 11 is 1.47. The number of thiazole rings is 1. The van der Waals surface area contributed by atoms with E-state index in [0.29, 0.717) is 24.6 Å². The average molecular weight is 497 g/mol. The van der Waals surface area contributed by atoms with Gasteiger partial charge in [-0.25, -0.2) is 13.4 Å². The zero-order valence-electron chi connectivity index (χ0n) is 19.5. The smallest absolute Gasteiger partial charge is 0.243 e. The molecule has 0 aliphatic rings. The van der Waals surface area contributed by atoms with Gasteiger partial charge < -0.3 is 9.47 Å². The van der Waals surface area contributed by atoms with Gasteiger partial charge in [-0.3, -0.25) is 0 Å². The Morgan fingerprint density at radius 1 is 1.00 bits per heavy atom. The summed E-state index contributed by atoms with van der Waals surface area (Å²) in [4.78, 5) is 4.89. The standard InChI is InChI=1S/C26H28N2O4S2/c1-19(2)15-28(34(29,30)23-13-11-22(31-3)12-14-23)16-21-18-33-26(27-21)17-32-25-10-6-8-20-7-4-5-9-24(20)25/h4-14,18-19H,15-17H2,1-3H3. The third kappa shape index (κ3) is 5.58. The van der Waals surface area contributed by atoms with Crippen LogP contribution in [0.1, 0.15) is 24.5 Å². The zero-order valence-corrected chi connectivity index (χ0v) is 21.1. The number of rotatable bonds is 10. The second-order valence-electron chi connectivity index (χ2n) is 8.37. The highest BCUT2D eigenvalue weighted by atomic mass is 32.2. The van der Waals surface area contributed by atoms with Crippen LogP contribution in [0.25, 0.3) is 10.8 Å². The molecule has 4 aromatic rings. The van der Waals surface area contributed by atoms with Gasteiger partial charge in [0.25, 0.3) is 0 Å². The van der Waals surface area contributed by atoms with E-state index >= 15 is 0 Å². The molecule has 0 aliphatic carbocycles. The molecule has 0 saturated carbocycles. The molecule has 4 rings (SSSR count). The number of nitrogens with zero attached hydrogens (tertiary/aromatic N) is 2. The fourth-order valence-electron chi connectivity index (χ4n) is 3.68. The first kappa shape index (κ1) is 24.2. The van der Waals surface area contributed by atoms with E-state index in [1.807, 2.05) is 49.6 Å². The Morgan fingerprint density at radius 3 is 2.47 bits per heavy atom. The number of benzene rings is 3. The molecular formula is C26H28N2O4S2. The molecule has 0 fully saturated rings. The van der Waals surface area contributed by atoms with Crippen molar-refractivity contribution >= 4 is 32.1 Å². The molecule has 0 atom stereocenters. The number of sulfonamides is 1. The van der Waals surface area contributed by atoms with Crippen LogP contribution in [-0.2, 0) is 23.2 Å². The van der Waals surface area contributed by atoms with E-state index in [-0.39, 0.29) is 17.4 Å². The van der Waals surface area contributed by atoms with Crippen LogP contribution in [0.4, 0.5) is 0 Å². The highest BCUT2D eigenvalue weighted by Gasteiger charge is 2.26. The van der Waals surface area contributed by atoms with Gasteiger partial charge in [-0.1, -0.05) is 50.2 Å². The van der Waals surface area contributed by atoms with E-state index in [1.54, 1.807) is 31.4 Å². The molecule has 0 unspecified atom stereocenters.